The Hall–Kier alpha value is -3.28. The number of fused-ring (bicyclic) bond motifs is 1. The van der Waals surface area contributed by atoms with Crippen LogP contribution < -0.4 is 4.74 Å². The Morgan fingerprint density at radius 1 is 0.970 bits per heavy atom. The van der Waals surface area contributed by atoms with Crippen LogP contribution in [0.25, 0.3) is 28.2 Å². The number of aromatic nitrogens is 4. The first-order chi connectivity index (χ1) is 15.5. The van der Waals surface area contributed by atoms with Gasteiger partial charge in [0.1, 0.15) is 34.8 Å². The third-order valence-electron chi connectivity index (χ3n) is 4.45. The molecule has 0 radical (unpaired) electrons. The molecule has 0 saturated carbocycles. The zero-order chi connectivity index (χ0) is 23.8. The highest BCUT2D eigenvalue weighted by atomic mass is 32.2. The number of halogens is 6. The summed E-state index contributed by atoms with van der Waals surface area (Å²) < 4.78 is 81.2. The lowest BCUT2D eigenvalue weighted by Crippen LogP contribution is -2.16. The molecule has 0 spiro atoms. The number of alkyl halides is 6. The van der Waals surface area contributed by atoms with Gasteiger partial charge in [0.05, 0.1) is 0 Å². The molecule has 0 unspecified atom stereocenters. The van der Waals surface area contributed by atoms with Crippen molar-refractivity contribution in [1.82, 2.24) is 19.4 Å². The van der Waals surface area contributed by atoms with Gasteiger partial charge in [-0.1, -0.05) is 19.1 Å². The number of pyridine rings is 1. The van der Waals surface area contributed by atoms with Gasteiger partial charge in [-0.15, -0.1) is 24.9 Å². The van der Waals surface area contributed by atoms with Crippen molar-refractivity contribution in [2.24, 2.45) is 0 Å². The molecule has 0 atom stereocenters. The average Bonchev–Trinajstić information content (AvgIpc) is 3.16. The van der Waals surface area contributed by atoms with E-state index in [0.29, 0.717) is 28.3 Å². The zero-order valence-corrected chi connectivity index (χ0v) is 17.6. The smallest absolute Gasteiger partial charge is 0.406 e. The van der Waals surface area contributed by atoms with Gasteiger partial charge >= 0.3 is 12.5 Å². The molecule has 0 fully saturated rings. The van der Waals surface area contributed by atoms with Crippen LogP contribution in [0, 0.1) is 0 Å². The second-order valence-corrected chi connectivity index (χ2v) is 8.05. The van der Waals surface area contributed by atoms with Crippen molar-refractivity contribution in [3.05, 3.63) is 60.8 Å². The topological polar surface area (TPSA) is 52.3 Å². The molecule has 4 aromatic rings. The van der Waals surface area contributed by atoms with Gasteiger partial charge in [0.25, 0.3) is 0 Å². The fourth-order valence-corrected chi connectivity index (χ4v) is 3.88. The summed E-state index contributed by atoms with van der Waals surface area (Å²) >= 11 is 1.45. The van der Waals surface area contributed by atoms with E-state index in [1.807, 2.05) is 6.92 Å². The molecule has 4 rings (SSSR count). The molecule has 172 valence electrons. The van der Waals surface area contributed by atoms with E-state index in [0.717, 1.165) is 17.3 Å². The standard InChI is InChI=1S/C21H14F6N4OS/c1-2-33-16-7-13(12-3-5-14(6-4-12)32-21(25,26)27)9-28-19(16)15-10-31-11-29-17(20(22,23)24)8-18(31)30-15/h3-11H,2H2,1H3. The van der Waals surface area contributed by atoms with Crippen molar-refractivity contribution < 1.29 is 31.1 Å². The molecule has 0 saturated heterocycles. The molecule has 0 aliphatic rings. The molecular weight excluding hydrogens is 470 g/mol. The lowest BCUT2D eigenvalue weighted by atomic mass is 10.1. The number of rotatable bonds is 5. The van der Waals surface area contributed by atoms with Gasteiger partial charge < -0.3 is 4.74 Å². The lowest BCUT2D eigenvalue weighted by molar-refractivity contribution is -0.274. The Morgan fingerprint density at radius 2 is 1.70 bits per heavy atom. The number of hydrogen-bond donors (Lipinski definition) is 0. The number of imidazole rings is 1. The maximum absolute atomic E-state index is 12.9. The van der Waals surface area contributed by atoms with Crippen molar-refractivity contribution in [1.29, 1.82) is 0 Å². The van der Waals surface area contributed by atoms with E-state index in [9.17, 15) is 26.3 Å². The summed E-state index contributed by atoms with van der Waals surface area (Å²) in [6.45, 7) is 1.92. The molecule has 0 N–H and O–H groups in total. The molecular formula is C21H14F6N4OS. The SMILES string of the molecule is CCSc1cc(-c2ccc(OC(F)(F)F)cc2)cnc1-c1cn2cnc(C(F)(F)F)cc2n1. The zero-order valence-electron chi connectivity index (χ0n) is 16.8. The molecule has 5 nitrogen and oxygen atoms in total. The second kappa shape index (κ2) is 8.58. The third-order valence-corrected chi connectivity index (χ3v) is 5.37. The molecule has 3 aromatic heterocycles. The van der Waals surface area contributed by atoms with Gasteiger partial charge in [-0.25, -0.2) is 9.97 Å². The Balaban J connectivity index is 1.69. The highest BCUT2D eigenvalue weighted by Crippen LogP contribution is 2.34. The number of ether oxygens (including phenoxy) is 1. The fourth-order valence-electron chi connectivity index (χ4n) is 3.07. The quantitative estimate of drug-likeness (QED) is 0.240. The maximum atomic E-state index is 12.9. The average molecular weight is 484 g/mol. The highest BCUT2D eigenvalue weighted by molar-refractivity contribution is 7.99. The normalized spacial score (nSPS) is 12.3. The van der Waals surface area contributed by atoms with Crippen LogP contribution >= 0.6 is 11.8 Å². The van der Waals surface area contributed by atoms with E-state index in [1.165, 1.54) is 52.8 Å². The molecule has 0 bridgehead atoms. The monoisotopic (exact) mass is 484 g/mol. The minimum absolute atomic E-state index is 0.0749. The molecule has 12 heteroatoms. The molecule has 0 amide bonds. The second-order valence-electron chi connectivity index (χ2n) is 6.74. The summed E-state index contributed by atoms with van der Waals surface area (Å²) in [6, 6.07) is 8.03. The van der Waals surface area contributed by atoms with E-state index in [2.05, 4.69) is 19.7 Å². The lowest BCUT2D eigenvalue weighted by Gasteiger charge is -2.11. The van der Waals surface area contributed by atoms with Crippen LogP contribution in [0.15, 0.2) is 60.0 Å². The fraction of sp³-hybridized carbons (Fsp3) is 0.190. The van der Waals surface area contributed by atoms with Crippen LogP contribution in [-0.4, -0.2) is 31.5 Å². The van der Waals surface area contributed by atoms with E-state index in [4.69, 9.17) is 0 Å². The maximum Gasteiger partial charge on any atom is 0.573 e. The Kier molecular flexibility index (Phi) is 5.95. The minimum atomic E-state index is -4.78. The van der Waals surface area contributed by atoms with E-state index in [1.54, 1.807) is 6.07 Å². The van der Waals surface area contributed by atoms with Gasteiger partial charge in [0.15, 0.2) is 0 Å². The molecule has 1 aromatic carbocycles. The third kappa shape index (κ3) is 5.21. The largest absolute Gasteiger partial charge is 0.573 e. The molecule has 0 aliphatic heterocycles. The first kappa shape index (κ1) is 22.9. The minimum Gasteiger partial charge on any atom is -0.406 e. The van der Waals surface area contributed by atoms with Crippen molar-refractivity contribution in [3.63, 3.8) is 0 Å². The number of benzene rings is 1. The van der Waals surface area contributed by atoms with E-state index >= 15 is 0 Å². The van der Waals surface area contributed by atoms with Gasteiger partial charge in [0.2, 0.25) is 0 Å². The number of thioether (sulfide) groups is 1. The van der Waals surface area contributed by atoms with Gasteiger partial charge in [-0.2, -0.15) is 13.2 Å². The predicted molar refractivity (Wildman–Crippen MR) is 110 cm³/mol. The van der Waals surface area contributed by atoms with Crippen LogP contribution in [-0.2, 0) is 6.18 Å². The molecule has 3 heterocycles. The van der Waals surface area contributed by atoms with Gasteiger partial charge in [-0.05, 0) is 29.5 Å². The highest BCUT2D eigenvalue weighted by Gasteiger charge is 2.33. The summed E-state index contributed by atoms with van der Waals surface area (Å²) in [5.74, 6) is 0.347. The van der Waals surface area contributed by atoms with Crippen molar-refractivity contribution in [2.45, 2.75) is 24.4 Å². The molecule has 33 heavy (non-hydrogen) atoms. The Labute approximate surface area is 187 Å². The van der Waals surface area contributed by atoms with Crippen LogP contribution in [0.3, 0.4) is 0 Å². The summed E-state index contributed by atoms with van der Waals surface area (Å²) in [7, 11) is 0. The van der Waals surface area contributed by atoms with Crippen molar-refractivity contribution >= 4 is 17.4 Å². The first-order valence-corrected chi connectivity index (χ1v) is 10.4. The number of hydrogen-bond acceptors (Lipinski definition) is 5. The summed E-state index contributed by atoms with van der Waals surface area (Å²) in [5, 5.41) is 0. The summed E-state index contributed by atoms with van der Waals surface area (Å²) in [4.78, 5) is 12.9. The van der Waals surface area contributed by atoms with Crippen molar-refractivity contribution in [2.75, 3.05) is 5.75 Å². The predicted octanol–water partition coefficient (Wildman–Crippen LogP) is 6.49. The Bertz CT molecular complexity index is 1280. The first-order valence-electron chi connectivity index (χ1n) is 9.45. The van der Waals surface area contributed by atoms with Crippen LogP contribution in [0.4, 0.5) is 26.3 Å². The van der Waals surface area contributed by atoms with Gasteiger partial charge in [-0.3, -0.25) is 9.38 Å². The van der Waals surface area contributed by atoms with E-state index in [-0.39, 0.29) is 11.4 Å². The van der Waals surface area contributed by atoms with Crippen LogP contribution in [0.5, 0.6) is 5.75 Å². The molecule has 0 aliphatic carbocycles. The summed E-state index contributed by atoms with van der Waals surface area (Å²) in [5.41, 5.74) is 1.14. The number of nitrogens with zero attached hydrogens (tertiary/aromatic N) is 4. The van der Waals surface area contributed by atoms with Crippen molar-refractivity contribution in [3.8, 4) is 28.3 Å². The van der Waals surface area contributed by atoms with Gasteiger partial charge in [0, 0.05) is 28.9 Å². The summed E-state index contributed by atoms with van der Waals surface area (Å²) in [6.07, 6.45) is -5.26. The van der Waals surface area contributed by atoms with Crippen LogP contribution in [0.2, 0.25) is 0 Å². The Morgan fingerprint density at radius 3 is 2.33 bits per heavy atom. The van der Waals surface area contributed by atoms with E-state index < -0.39 is 18.2 Å². The van der Waals surface area contributed by atoms with Crippen LogP contribution in [0.1, 0.15) is 12.6 Å².